The summed E-state index contributed by atoms with van der Waals surface area (Å²) in [5.74, 6) is -0.789. The van der Waals surface area contributed by atoms with E-state index in [9.17, 15) is 15.2 Å². The van der Waals surface area contributed by atoms with Crippen LogP contribution in [-0.4, -0.2) is 48.6 Å². The van der Waals surface area contributed by atoms with Gasteiger partial charge in [0, 0.05) is 18.8 Å². The molecule has 3 rings (SSSR count). The molecule has 0 spiro atoms. The lowest BCUT2D eigenvalue weighted by molar-refractivity contribution is -0.142. The lowest BCUT2D eigenvalue weighted by atomic mass is 9.90. The topological polar surface area (TPSA) is 93.8 Å². The van der Waals surface area contributed by atoms with Gasteiger partial charge in [0.25, 0.3) is 0 Å². The van der Waals surface area contributed by atoms with Crippen LogP contribution in [0, 0.1) is 11.3 Å². The number of nitriles is 1. The molecule has 2 aliphatic heterocycles. The molecule has 1 atom stereocenters. The number of rotatable bonds is 5. The number of anilines is 1. The average Bonchev–Trinajstić information content (AvgIpc) is 2.64. The average molecular weight is 342 g/mol. The smallest absolute Gasteiger partial charge is 0.348 e. The molecule has 1 aromatic rings. The summed E-state index contributed by atoms with van der Waals surface area (Å²) in [5, 5.41) is 27.3. The maximum absolute atomic E-state index is 12.0. The molecule has 0 aromatic heterocycles. The van der Waals surface area contributed by atoms with E-state index in [1.165, 1.54) is 22.9 Å². The Balaban J connectivity index is 1.84. The molecule has 0 amide bonds. The minimum absolute atomic E-state index is 0.110. The van der Waals surface area contributed by atoms with E-state index in [1.54, 1.807) is 0 Å². The minimum atomic E-state index is -1.14. The highest BCUT2D eigenvalue weighted by atomic mass is 16.5. The van der Waals surface area contributed by atoms with Crippen molar-refractivity contribution in [2.45, 2.75) is 31.8 Å². The van der Waals surface area contributed by atoms with Crippen LogP contribution in [0.15, 0.2) is 17.7 Å². The number of carbonyl (C=O) groups excluding carboxylic acids is 1. The van der Waals surface area contributed by atoms with Crippen molar-refractivity contribution in [2.75, 3.05) is 31.2 Å². The molecular weight excluding hydrogens is 320 g/mol. The Labute approximate surface area is 146 Å². The second-order valence-electron chi connectivity index (χ2n) is 6.49. The maximum Gasteiger partial charge on any atom is 0.348 e. The van der Waals surface area contributed by atoms with Crippen LogP contribution in [0.4, 0.5) is 5.69 Å². The number of nitrogens with zero attached hydrogens (tertiary/aromatic N) is 2. The number of esters is 1. The highest BCUT2D eigenvalue weighted by Gasteiger charge is 2.24. The molecular formula is C19H22N2O4. The Hall–Kier alpha value is -2.36. The lowest BCUT2D eigenvalue weighted by Crippen LogP contribution is -2.34. The monoisotopic (exact) mass is 342 g/mol. The van der Waals surface area contributed by atoms with Crippen LogP contribution in [0.2, 0.25) is 0 Å². The molecule has 1 unspecified atom stereocenters. The molecule has 2 aliphatic rings. The van der Waals surface area contributed by atoms with Gasteiger partial charge in [0.15, 0.2) is 0 Å². The molecule has 0 radical (unpaired) electrons. The van der Waals surface area contributed by atoms with Gasteiger partial charge in [-0.1, -0.05) is 0 Å². The summed E-state index contributed by atoms with van der Waals surface area (Å²) in [6, 6.07) is 5.95. The molecule has 132 valence electrons. The number of benzene rings is 1. The molecule has 6 heteroatoms. The van der Waals surface area contributed by atoms with E-state index in [1.807, 2.05) is 18.2 Å². The number of aryl methyl sites for hydroxylation is 2. The van der Waals surface area contributed by atoms with Crippen molar-refractivity contribution in [3.05, 3.63) is 34.4 Å². The van der Waals surface area contributed by atoms with E-state index >= 15 is 0 Å². The third-order valence-electron chi connectivity index (χ3n) is 4.62. The number of ether oxygens (including phenoxy) is 1. The first kappa shape index (κ1) is 17.5. The Morgan fingerprint density at radius 2 is 1.96 bits per heavy atom. The summed E-state index contributed by atoms with van der Waals surface area (Å²) in [7, 11) is 0. The third-order valence-corrected chi connectivity index (χ3v) is 4.62. The van der Waals surface area contributed by atoms with Gasteiger partial charge in [-0.2, -0.15) is 5.26 Å². The van der Waals surface area contributed by atoms with E-state index in [4.69, 9.17) is 9.84 Å². The van der Waals surface area contributed by atoms with Gasteiger partial charge in [-0.3, -0.25) is 0 Å². The van der Waals surface area contributed by atoms with Crippen LogP contribution in [0.5, 0.6) is 0 Å². The summed E-state index contributed by atoms with van der Waals surface area (Å²) in [6.07, 6.45) is 4.66. The van der Waals surface area contributed by atoms with Crippen LogP contribution >= 0.6 is 0 Å². The highest BCUT2D eigenvalue weighted by Crippen LogP contribution is 2.36. The fourth-order valence-corrected chi connectivity index (χ4v) is 3.52. The van der Waals surface area contributed by atoms with Crippen LogP contribution in [0.3, 0.4) is 0 Å². The third kappa shape index (κ3) is 3.84. The van der Waals surface area contributed by atoms with Crippen molar-refractivity contribution in [3.63, 3.8) is 0 Å². The van der Waals surface area contributed by atoms with E-state index in [-0.39, 0.29) is 12.2 Å². The molecule has 6 nitrogen and oxygen atoms in total. The minimum Gasteiger partial charge on any atom is -0.459 e. The standard InChI is InChI=1S/C19H22N2O4/c20-10-16(19(24)25-12-17(23)11-22)9-13-7-14-3-1-5-21-6-2-4-15(8-13)18(14)21/h7-9,17,22-23H,1-6,11-12H2/b16-9+. The second kappa shape index (κ2) is 7.68. The number of aliphatic hydroxyl groups excluding tert-OH is 2. The van der Waals surface area contributed by atoms with Crippen molar-refractivity contribution >= 4 is 17.7 Å². The highest BCUT2D eigenvalue weighted by molar-refractivity contribution is 5.98. The molecule has 0 fully saturated rings. The molecule has 2 heterocycles. The van der Waals surface area contributed by atoms with Gasteiger partial charge < -0.3 is 19.8 Å². The molecule has 0 saturated heterocycles. The fraction of sp³-hybridized carbons (Fsp3) is 0.474. The molecule has 0 aliphatic carbocycles. The summed E-state index contributed by atoms with van der Waals surface area (Å²) < 4.78 is 4.87. The van der Waals surface area contributed by atoms with Gasteiger partial charge >= 0.3 is 5.97 Å². The summed E-state index contributed by atoms with van der Waals surface area (Å²) >= 11 is 0. The van der Waals surface area contributed by atoms with Crippen LogP contribution in [-0.2, 0) is 22.4 Å². The second-order valence-corrected chi connectivity index (χ2v) is 6.49. The zero-order valence-corrected chi connectivity index (χ0v) is 14.1. The Morgan fingerprint density at radius 3 is 2.52 bits per heavy atom. The quantitative estimate of drug-likeness (QED) is 0.474. The Bertz CT molecular complexity index is 704. The molecule has 25 heavy (non-hydrogen) atoms. The number of carbonyl (C=O) groups is 1. The maximum atomic E-state index is 12.0. The number of hydrogen-bond donors (Lipinski definition) is 2. The largest absolute Gasteiger partial charge is 0.459 e. The zero-order valence-electron chi connectivity index (χ0n) is 14.1. The van der Waals surface area contributed by atoms with Crippen molar-refractivity contribution in [3.8, 4) is 6.07 Å². The summed E-state index contributed by atoms with van der Waals surface area (Å²) in [6.45, 7) is 1.36. The molecule has 2 N–H and O–H groups in total. The Morgan fingerprint density at radius 1 is 1.32 bits per heavy atom. The normalized spacial score (nSPS) is 17.5. The molecule has 0 bridgehead atoms. The van der Waals surface area contributed by atoms with Gasteiger partial charge in [-0.25, -0.2) is 4.79 Å². The predicted molar refractivity (Wildman–Crippen MR) is 92.9 cm³/mol. The van der Waals surface area contributed by atoms with Gasteiger partial charge in [0.1, 0.15) is 24.4 Å². The first-order valence-electron chi connectivity index (χ1n) is 8.61. The van der Waals surface area contributed by atoms with Crippen LogP contribution in [0.25, 0.3) is 6.08 Å². The fourth-order valence-electron chi connectivity index (χ4n) is 3.52. The van der Waals surface area contributed by atoms with Gasteiger partial charge in [0.05, 0.1) is 6.61 Å². The van der Waals surface area contributed by atoms with Gasteiger partial charge in [-0.05, 0) is 60.6 Å². The predicted octanol–water partition coefficient (Wildman–Crippen LogP) is 1.19. The number of hydrogen-bond acceptors (Lipinski definition) is 6. The zero-order chi connectivity index (χ0) is 17.8. The van der Waals surface area contributed by atoms with Gasteiger partial charge in [0.2, 0.25) is 0 Å². The van der Waals surface area contributed by atoms with Crippen molar-refractivity contribution in [2.24, 2.45) is 0 Å². The van der Waals surface area contributed by atoms with Gasteiger partial charge in [-0.15, -0.1) is 0 Å². The van der Waals surface area contributed by atoms with Crippen molar-refractivity contribution in [1.29, 1.82) is 5.26 Å². The van der Waals surface area contributed by atoms with Crippen LogP contribution in [0.1, 0.15) is 29.5 Å². The summed E-state index contributed by atoms with van der Waals surface area (Å²) in [4.78, 5) is 14.4. The summed E-state index contributed by atoms with van der Waals surface area (Å²) in [5.41, 5.74) is 4.60. The van der Waals surface area contributed by atoms with E-state index in [0.717, 1.165) is 44.3 Å². The first-order chi connectivity index (χ1) is 12.1. The van der Waals surface area contributed by atoms with E-state index in [0.29, 0.717) is 0 Å². The lowest BCUT2D eigenvalue weighted by Gasteiger charge is -2.37. The Kier molecular flexibility index (Phi) is 5.37. The first-order valence-corrected chi connectivity index (χ1v) is 8.61. The molecule has 1 aromatic carbocycles. The number of aliphatic hydroxyl groups is 2. The van der Waals surface area contributed by atoms with E-state index < -0.39 is 18.7 Å². The molecule has 0 saturated carbocycles. The SMILES string of the molecule is N#C/C(=C\c1cc2c3c(c1)CCCN3CCC2)C(=O)OCC(O)CO. The van der Waals surface area contributed by atoms with Crippen LogP contribution < -0.4 is 4.90 Å². The van der Waals surface area contributed by atoms with E-state index in [2.05, 4.69) is 4.90 Å². The van der Waals surface area contributed by atoms with Crippen molar-refractivity contribution in [1.82, 2.24) is 0 Å². The van der Waals surface area contributed by atoms with Crippen molar-refractivity contribution < 1.29 is 19.7 Å².